The van der Waals surface area contributed by atoms with Crippen molar-refractivity contribution in [3.05, 3.63) is 35.5 Å². The Hall–Kier alpha value is -2.85. The number of pyridine rings is 1. The number of likely N-dealkylation sites (N-methyl/N-ethyl adjacent to an activating group) is 1. The van der Waals surface area contributed by atoms with E-state index in [1.54, 1.807) is 20.2 Å². The molecule has 0 spiro atoms. The van der Waals surface area contributed by atoms with Crippen LogP contribution in [0, 0.1) is 13.8 Å². The fourth-order valence-corrected chi connectivity index (χ4v) is 5.07. The first-order valence-electron chi connectivity index (χ1n) is 10.1. The van der Waals surface area contributed by atoms with Gasteiger partial charge in [0.1, 0.15) is 11.6 Å². The molecule has 0 radical (unpaired) electrons. The molecule has 31 heavy (non-hydrogen) atoms. The third kappa shape index (κ3) is 3.81. The average Bonchev–Trinajstić information content (AvgIpc) is 3.18. The minimum atomic E-state index is -3.93. The molecule has 1 fully saturated rings. The number of anilines is 2. The Bertz CT molecular complexity index is 1220. The van der Waals surface area contributed by atoms with Gasteiger partial charge in [-0.05, 0) is 39.1 Å². The Balaban J connectivity index is 1.67. The molecular weight excluding hydrogens is 416 g/mol. The number of benzene rings is 1. The highest BCUT2D eigenvalue weighted by Crippen LogP contribution is 2.31. The number of sulfonamides is 1. The third-order valence-electron chi connectivity index (χ3n) is 5.83. The van der Waals surface area contributed by atoms with Gasteiger partial charge in [0.05, 0.1) is 18.1 Å². The molecule has 1 aromatic carbocycles. The van der Waals surface area contributed by atoms with Crippen LogP contribution in [0.15, 0.2) is 29.6 Å². The van der Waals surface area contributed by atoms with Crippen molar-refractivity contribution < 1.29 is 13.2 Å². The highest BCUT2D eigenvalue weighted by molar-refractivity contribution is 7.92. The zero-order chi connectivity index (χ0) is 22.3. The second-order valence-electron chi connectivity index (χ2n) is 7.93. The monoisotopic (exact) mass is 444 g/mol. The van der Waals surface area contributed by atoms with E-state index in [-0.39, 0.29) is 5.16 Å². The van der Waals surface area contributed by atoms with Gasteiger partial charge in [-0.25, -0.2) is 14.3 Å². The summed E-state index contributed by atoms with van der Waals surface area (Å²) < 4.78 is 33.2. The maximum Gasteiger partial charge on any atom is 0.299 e. The number of aromatic nitrogens is 3. The molecule has 1 aliphatic heterocycles. The van der Waals surface area contributed by atoms with Gasteiger partial charge in [0, 0.05) is 56.2 Å². The Morgan fingerprint density at radius 1 is 1.16 bits per heavy atom. The second kappa shape index (κ2) is 8.01. The van der Waals surface area contributed by atoms with Gasteiger partial charge in [-0.1, -0.05) is 0 Å². The number of hydrogen-bond donors (Lipinski definition) is 1. The molecule has 9 nitrogen and oxygen atoms in total. The summed E-state index contributed by atoms with van der Waals surface area (Å²) >= 11 is 0. The molecule has 3 aromatic rings. The molecule has 0 aliphatic carbocycles. The highest BCUT2D eigenvalue weighted by Gasteiger charge is 2.28. The minimum absolute atomic E-state index is 0.110. The zero-order valence-corrected chi connectivity index (χ0v) is 19.3. The molecular formula is C21H28N6O3S. The lowest BCUT2D eigenvalue weighted by atomic mass is 10.2. The largest absolute Gasteiger partial charge is 0.496 e. The van der Waals surface area contributed by atoms with Crippen LogP contribution in [0.1, 0.15) is 11.1 Å². The summed E-state index contributed by atoms with van der Waals surface area (Å²) in [7, 11) is 1.22. The summed E-state index contributed by atoms with van der Waals surface area (Å²) in [6, 6.07) is 5.81. The van der Waals surface area contributed by atoms with Crippen molar-refractivity contribution in [2.24, 2.45) is 0 Å². The van der Waals surface area contributed by atoms with Gasteiger partial charge in [0.2, 0.25) is 5.16 Å². The number of imidazole rings is 1. The first kappa shape index (κ1) is 21.4. The maximum absolute atomic E-state index is 13.3. The number of piperazine rings is 1. The molecule has 4 rings (SSSR count). The van der Waals surface area contributed by atoms with Crippen LogP contribution in [0.2, 0.25) is 0 Å². The van der Waals surface area contributed by atoms with E-state index in [4.69, 9.17) is 4.74 Å². The molecule has 166 valence electrons. The molecule has 0 amide bonds. The number of ether oxygens (including phenoxy) is 1. The van der Waals surface area contributed by atoms with E-state index in [1.165, 1.54) is 7.05 Å². The molecule has 0 bridgehead atoms. The van der Waals surface area contributed by atoms with Crippen LogP contribution in [-0.2, 0) is 10.0 Å². The van der Waals surface area contributed by atoms with E-state index in [9.17, 15) is 8.42 Å². The van der Waals surface area contributed by atoms with Crippen molar-refractivity contribution in [3.8, 4) is 5.75 Å². The summed E-state index contributed by atoms with van der Waals surface area (Å²) in [5, 5.41) is -0.110. The average molecular weight is 445 g/mol. The van der Waals surface area contributed by atoms with E-state index in [1.807, 2.05) is 25.1 Å². The number of fused-ring (bicyclic) bond motifs is 1. The Labute approximate surface area is 182 Å². The van der Waals surface area contributed by atoms with Crippen LogP contribution >= 0.6 is 0 Å². The van der Waals surface area contributed by atoms with Crippen molar-refractivity contribution in [1.29, 1.82) is 0 Å². The number of aromatic amines is 1. The molecule has 10 heteroatoms. The van der Waals surface area contributed by atoms with Gasteiger partial charge < -0.3 is 19.5 Å². The van der Waals surface area contributed by atoms with Crippen LogP contribution in [0.4, 0.5) is 11.5 Å². The van der Waals surface area contributed by atoms with Gasteiger partial charge in [0.15, 0.2) is 0 Å². The van der Waals surface area contributed by atoms with Crippen molar-refractivity contribution in [1.82, 2.24) is 19.9 Å². The van der Waals surface area contributed by atoms with Crippen LogP contribution in [-0.4, -0.2) is 75.7 Å². The summed E-state index contributed by atoms with van der Waals surface area (Å²) in [5.74, 6) is 0.925. The van der Waals surface area contributed by atoms with E-state index in [0.29, 0.717) is 28.2 Å². The van der Waals surface area contributed by atoms with Crippen LogP contribution < -0.4 is 13.9 Å². The lowest BCUT2D eigenvalue weighted by Gasteiger charge is -2.34. The predicted octanol–water partition coefficient (Wildman–Crippen LogP) is 2.16. The Morgan fingerprint density at radius 2 is 1.87 bits per heavy atom. The van der Waals surface area contributed by atoms with Crippen LogP contribution in [0.5, 0.6) is 5.75 Å². The summed E-state index contributed by atoms with van der Waals surface area (Å²) in [5.41, 5.74) is 3.85. The number of rotatable bonds is 5. The Morgan fingerprint density at radius 3 is 2.55 bits per heavy atom. The molecule has 1 saturated heterocycles. The van der Waals surface area contributed by atoms with Gasteiger partial charge in [-0.15, -0.1) is 0 Å². The van der Waals surface area contributed by atoms with Gasteiger partial charge >= 0.3 is 0 Å². The SMILES string of the molecule is COc1c(C)cnc(N(C)S(=O)(=O)c2nc3ccc(N4CCN(C)CC4)cc3[nH]2)c1C. The first-order valence-corrected chi connectivity index (χ1v) is 11.6. The number of methoxy groups -OCH3 is 1. The lowest BCUT2D eigenvalue weighted by Crippen LogP contribution is -2.44. The van der Waals surface area contributed by atoms with Gasteiger partial charge in [-0.2, -0.15) is 8.42 Å². The normalized spacial score (nSPS) is 15.5. The van der Waals surface area contributed by atoms with E-state index < -0.39 is 10.0 Å². The summed E-state index contributed by atoms with van der Waals surface area (Å²) in [6.45, 7) is 7.53. The third-order valence-corrected chi connectivity index (χ3v) is 7.41. The summed E-state index contributed by atoms with van der Waals surface area (Å²) in [6.07, 6.45) is 1.61. The second-order valence-corrected chi connectivity index (χ2v) is 9.81. The molecule has 0 saturated carbocycles. The van der Waals surface area contributed by atoms with E-state index >= 15 is 0 Å². The van der Waals surface area contributed by atoms with Gasteiger partial charge in [0.25, 0.3) is 10.0 Å². The first-order chi connectivity index (χ1) is 14.7. The number of aryl methyl sites for hydroxylation is 1. The maximum atomic E-state index is 13.3. The summed E-state index contributed by atoms with van der Waals surface area (Å²) in [4.78, 5) is 16.3. The van der Waals surface area contributed by atoms with E-state index in [0.717, 1.165) is 41.7 Å². The molecule has 2 aromatic heterocycles. The molecule has 0 unspecified atom stereocenters. The fraction of sp³-hybridized carbons (Fsp3) is 0.429. The smallest absolute Gasteiger partial charge is 0.299 e. The van der Waals surface area contributed by atoms with Crippen LogP contribution in [0.3, 0.4) is 0 Å². The highest BCUT2D eigenvalue weighted by atomic mass is 32.2. The quantitative estimate of drug-likeness (QED) is 0.644. The molecule has 3 heterocycles. The Kier molecular flexibility index (Phi) is 5.52. The van der Waals surface area contributed by atoms with Crippen molar-refractivity contribution in [2.75, 3.05) is 56.6 Å². The zero-order valence-electron chi connectivity index (χ0n) is 18.5. The van der Waals surface area contributed by atoms with Crippen molar-refractivity contribution in [3.63, 3.8) is 0 Å². The predicted molar refractivity (Wildman–Crippen MR) is 122 cm³/mol. The number of hydrogen-bond acceptors (Lipinski definition) is 7. The standard InChI is InChI=1S/C21H28N6O3S/c1-14-13-22-20(15(2)19(14)30-5)26(4)31(28,29)21-23-17-7-6-16(12-18(17)24-21)27-10-8-25(3)9-11-27/h6-7,12-13H,8-11H2,1-5H3,(H,23,24). The molecule has 1 aliphatic rings. The molecule has 1 N–H and O–H groups in total. The number of nitrogens with zero attached hydrogens (tertiary/aromatic N) is 5. The lowest BCUT2D eigenvalue weighted by molar-refractivity contribution is 0.313. The molecule has 0 atom stereocenters. The number of nitrogens with one attached hydrogen (secondary N) is 1. The van der Waals surface area contributed by atoms with Gasteiger partial charge in [-0.3, -0.25) is 0 Å². The van der Waals surface area contributed by atoms with Crippen molar-refractivity contribution in [2.45, 2.75) is 19.0 Å². The van der Waals surface area contributed by atoms with Crippen molar-refractivity contribution >= 4 is 32.6 Å². The topological polar surface area (TPSA) is 94.7 Å². The van der Waals surface area contributed by atoms with E-state index in [2.05, 4.69) is 31.8 Å². The minimum Gasteiger partial charge on any atom is -0.496 e. The van der Waals surface area contributed by atoms with Crippen LogP contribution in [0.25, 0.3) is 11.0 Å². The fourth-order valence-electron chi connectivity index (χ4n) is 3.94. The number of H-pyrrole nitrogens is 1.